The van der Waals surface area contributed by atoms with E-state index in [1.54, 1.807) is 5.57 Å². The molecule has 0 nitrogen and oxygen atoms in total. The van der Waals surface area contributed by atoms with Crippen LogP contribution >= 0.6 is 0 Å². The molecule has 0 bridgehead atoms. The lowest BCUT2D eigenvalue weighted by atomic mass is 9.98. The molecular weight excluding hydrogens is 168 g/mol. The van der Waals surface area contributed by atoms with Crippen LogP contribution < -0.4 is 0 Å². The van der Waals surface area contributed by atoms with Crippen LogP contribution in [0.1, 0.15) is 24.8 Å². The number of hydrogen-bond donors (Lipinski definition) is 0. The average molecular weight is 184 g/mol. The number of rotatable bonds is 3. The summed E-state index contributed by atoms with van der Waals surface area (Å²) in [6.07, 6.45) is 11.6. The summed E-state index contributed by atoms with van der Waals surface area (Å²) in [5.41, 5.74) is 3.04. The standard InChI is InChI=1S/C14H16/c1-3-7-13(8-4-1)11-12-14-9-5-2-6-10-14/h1-5,7-9H,6,10-12H2. The van der Waals surface area contributed by atoms with Crippen LogP contribution in [-0.2, 0) is 6.42 Å². The summed E-state index contributed by atoms with van der Waals surface area (Å²) in [6.45, 7) is 0. The third kappa shape index (κ3) is 2.59. The molecule has 0 radical (unpaired) electrons. The molecule has 2 rings (SSSR count). The van der Waals surface area contributed by atoms with Gasteiger partial charge in [-0.1, -0.05) is 54.1 Å². The first-order valence-corrected chi connectivity index (χ1v) is 5.33. The second-order valence-corrected chi connectivity index (χ2v) is 3.78. The van der Waals surface area contributed by atoms with Crippen molar-refractivity contribution in [2.45, 2.75) is 25.7 Å². The van der Waals surface area contributed by atoms with Crippen molar-refractivity contribution in [3.05, 3.63) is 59.7 Å². The minimum atomic E-state index is 1.18. The summed E-state index contributed by atoms with van der Waals surface area (Å²) < 4.78 is 0. The first-order chi connectivity index (χ1) is 6.95. The minimum absolute atomic E-state index is 1.18. The molecule has 14 heavy (non-hydrogen) atoms. The molecule has 0 saturated heterocycles. The molecule has 72 valence electrons. The van der Waals surface area contributed by atoms with Crippen LogP contribution in [-0.4, -0.2) is 0 Å². The van der Waals surface area contributed by atoms with E-state index in [1.807, 2.05) is 0 Å². The van der Waals surface area contributed by atoms with E-state index in [-0.39, 0.29) is 0 Å². The van der Waals surface area contributed by atoms with Gasteiger partial charge in [0.05, 0.1) is 0 Å². The summed E-state index contributed by atoms with van der Waals surface area (Å²) in [5.74, 6) is 0. The van der Waals surface area contributed by atoms with Crippen molar-refractivity contribution >= 4 is 0 Å². The van der Waals surface area contributed by atoms with Gasteiger partial charge in [0.15, 0.2) is 0 Å². The van der Waals surface area contributed by atoms with E-state index >= 15 is 0 Å². The first-order valence-electron chi connectivity index (χ1n) is 5.33. The SMILES string of the molecule is C1=CCCC(CCc2ccccc2)=C1. The van der Waals surface area contributed by atoms with Gasteiger partial charge in [-0.15, -0.1) is 0 Å². The second-order valence-electron chi connectivity index (χ2n) is 3.78. The molecule has 0 unspecified atom stereocenters. The fourth-order valence-corrected chi connectivity index (χ4v) is 1.81. The highest BCUT2D eigenvalue weighted by atomic mass is 14.1. The average Bonchev–Trinajstić information content (AvgIpc) is 2.29. The van der Waals surface area contributed by atoms with Gasteiger partial charge in [0.1, 0.15) is 0 Å². The maximum Gasteiger partial charge on any atom is -0.0241 e. The molecule has 0 heteroatoms. The molecule has 0 amide bonds. The summed E-state index contributed by atoms with van der Waals surface area (Å²) in [6, 6.07) is 10.7. The van der Waals surface area contributed by atoms with Gasteiger partial charge in [-0.2, -0.15) is 0 Å². The Labute approximate surface area is 86.0 Å². The predicted octanol–water partition coefficient (Wildman–Crippen LogP) is 3.90. The topological polar surface area (TPSA) is 0 Å². The van der Waals surface area contributed by atoms with Gasteiger partial charge in [-0.25, -0.2) is 0 Å². The van der Waals surface area contributed by atoms with Gasteiger partial charge in [-0.05, 0) is 31.2 Å². The second kappa shape index (κ2) is 4.80. The van der Waals surface area contributed by atoms with Crippen molar-refractivity contribution in [3.8, 4) is 0 Å². The molecule has 0 atom stereocenters. The fraction of sp³-hybridized carbons (Fsp3) is 0.286. The van der Waals surface area contributed by atoms with Crippen molar-refractivity contribution in [3.63, 3.8) is 0 Å². The number of benzene rings is 1. The van der Waals surface area contributed by atoms with Crippen LogP contribution in [0, 0.1) is 0 Å². The lowest BCUT2D eigenvalue weighted by Crippen LogP contribution is -1.91. The third-order valence-electron chi connectivity index (χ3n) is 2.68. The quantitative estimate of drug-likeness (QED) is 0.668. The maximum absolute atomic E-state index is 2.27. The number of aryl methyl sites for hydroxylation is 1. The smallest absolute Gasteiger partial charge is 0.0241 e. The maximum atomic E-state index is 2.27. The van der Waals surface area contributed by atoms with E-state index in [1.165, 1.54) is 31.2 Å². The van der Waals surface area contributed by atoms with Crippen molar-refractivity contribution in [1.82, 2.24) is 0 Å². The molecule has 0 N–H and O–H groups in total. The van der Waals surface area contributed by atoms with Crippen molar-refractivity contribution in [2.75, 3.05) is 0 Å². The van der Waals surface area contributed by atoms with Gasteiger partial charge in [0, 0.05) is 0 Å². The summed E-state index contributed by atoms with van der Waals surface area (Å²) in [7, 11) is 0. The Balaban J connectivity index is 1.88. The van der Waals surface area contributed by atoms with Crippen LogP contribution in [0.15, 0.2) is 54.1 Å². The largest absolute Gasteiger partial charge is 0.0842 e. The van der Waals surface area contributed by atoms with E-state index in [2.05, 4.69) is 48.6 Å². The Morgan fingerprint density at radius 2 is 1.86 bits per heavy atom. The number of allylic oxidation sites excluding steroid dienone is 4. The summed E-state index contributed by atoms with van der Waals surface area (Å²) >= 11 is 0. The molecule has 0 spiro atoms. The van der Waals surface area contributed by atoms with E-state index in [4.69, 9.17) is 0 Å². The molecule has 1 aliphatic rings. The highest BCUT2D eigenvalue weighted by Crippen LogP contribution is 2.17. The number of hydrogen-bond acceptors (Lipinski definition) is 0. The van der Waals surface area contributed by atoms with E-state index < -0.39 is 0 Å². The molecule has 0 heterocycles. The highest BCUT2D eigenvalue weighted by molar-refractivity contribution is 5.21. The van der Waals surface area contributed by atoms with E-state index in [9.17, 15) is 0 Å². The Kier molecular flexibility index (Phi) is 3.18. The predicted molar refractivity (Wildman–Crippen MR) is 61.2 cm³/mol. The van der Waals surface area contributed by atoms with Crippen LogP contribution in [0.2, 0.25) is 0 Å². The molecule has 1 aliphatic carbocycles. The molecule has 0 aliphatic heterocycles. The molecule has 0 aromatic heterocycles. The zero-order chi connectivity index (χ0) is 9.64. The Bertz CT molecular complexity index is 330. The van der Waals surface area contributed by atoms with Crippen LogP contribution in [0.25, 0.3) is 0 Å². The third-order valence-corrected chi connectivity index (χ3v) is 2.68. The molecular formula is C14H16. The monoisotopic (exact) mass is 184 g/mol. The van der Waals surface area contributed by atoms with Crippen LogP contribution in [0.4, 0.5) is 0 Å². The summed E-state index contributed by atoms with van der Waals surface area (Å²) in [4.78, 5) is 0. The molecule has 1 aromatic rings. The first kappa shape index (κ1) is 9.26. The van der Waals surface area contributed by atoms with E-state index in [0.717, 1.165) is 0 Å². The van der Waals surface area contributed by atoms with Gasteiger partial charge in [0.25, 0.3) is 0 Å². The molecule has 0 saturated carbocycles. The van der Waals surface area contributed by atoms with E-state index in [0.29, 0.717) is 0 Å². The zero-order valence-corrected chi connectivity index (χ0v) is 8.45. The van der Waals surface area contributed by atoms with Crippen molar-refractivity contribution in [2.24, 2.45) is 0 Å². The van der Waals surface area contributed by atoms with Gasteiger partial charge >= 0.3 is 0 Å². The highest BCUT2D eigenvalue weighted by Gasteiger charge is 1.99. The zero-order valence-electron chi connectivity index (χ0n) is 8.45. The van der Waals surface area contributed by atoms with Crippen LogP contribution in [0.5, 0.6) is 0 Å². The lowest BCUT2D eigenvalue weighted by molar-refractivity contribution is 0.839. The lowest BCUT2D eigenvalue weighted by Gasteiger charge is -2.08. The van der Waals surface area contributed by atoms with Gasteiger partial charge < -0.3 is 0 Å². The Morgan fingerprint density at radius 3 is 2.57 bits per heavy atom. The van der Waals surface area contributed by atoms with Crippen LogP contribution in [0.3, 0.4) is 0 Å². The normalized spacial score (nSPS) is 15.3. The minimum Gasteiger partial charge on any atom is -0.0842 e. The Morgan fingerprint density at radius 1 is 1.00 bits per heavy atom. The van der Waals surface area contributed by atoms with Gasteiger partial charge in [-0.3, -0.25) is 0 Å². The summed E-state index contributed by atoms with van der Waals surface area (Å²) in [5, 5.41) is 0. The molecule has 0 fully saturated rings. The van der Waals surface area contributed by atoms with Gasteiger partial charge in [0.2, 0.25) is 0 Å². The fourth-order valence-electron chi connectivity index (χ4n) is 1.81. The van der Waals surface area contributed by atoms with Crippen molar-refractivity contribution < 1.29 is 0 Å². The van der Waals surface area contributed by atoms with Crippen molar-refractivity contribution in [1.29, 1.82) is 0 Å². The molecule has 1 aromatic carbocycles. The Hall–Kier alpha value is -1.30.